The molecule has 0 aliphatic carbocycles. The van der Waals surface area contributed by atoms with E-state index in [-0.39, 0.29) is 0 Å². The van der Waals surface area contributed by atoms with Gasteiger partial charge in [0.1, 0.15) is 5.54 Å². The minimum atomic E-state index is -1.27. The first kappa shape index (κ1) is 14.9. The van der Waals surface area contributed by atoms with Crippen LogP contribution in [0.15, 0.2) is 30.6 Å². The van der Waals surface area contributed by atoms with Crippen molar-refractivity contribution in [3.05, 3.63) is 36.2 Å². The van der Waals surface area contributed by atoms with Crippen molar-refractivity contribution in [3.63, 3.8) is 0 Å². The summed E-state index contributed by atoms with van der Waals surface area (Å²) in [5.74, 6) is -1.47. The Morgan fingerprint density at radius 1 is 1.24 bits per heavy atom. The topological polar surface area (TPSA) is 92.2 Å². The molecular weight excluding hydrogens is 270 g/mol. The van der Waals surface area contributed by atoms with Crippen molar-refractivity contribution in [3.8, 4) is 0 Å². The third kappa shape index (κ3) is 3.16. The van der Waals surface area contributed by atoms with Crippen LogP contribution in [-0.2, 0) is 4.79 Å². The van der Waals surface area contributed by atoms with Gasteiger partial charge in [-0.1, -0.05) is 13.3 Å². The van der Waals surface area contributed by atoms with Gasteiger partial charge in [0.05, 0.1) is 11.0 Å². The summed E-state index contributed by atoms with van der Waals surface area (Å²) in [7, 11) is 0. The normalized spacial score (nSPS) is 13.6. The van der Waals surface area contributed by atoms with E-state index in [1.807, 2.05) is 6.92 Å². The van der Waals surface area contributed by atoms with E-state index in [4.69, 9.17) is 0 Å². The molecular formula is C15H17N3O3. The number of nitrogens with one attached hydrogen (secondary N) is 1. The molecule has 0 fully saturated rings. The lowest BCUT2D eigenvalue weighted by Gasteiger charge is -2.25. The van der Waals surface area contributed by atoms with Gasteiger partial charge in [-0.15, -0.1) is 0 Å². The van der Waals surface area contributed by atoms with Gasteiger partial charge >= 0.3 is 5.97 Å². The van der Waals surface area contributed by atoms with Crippen LogP contribution in [0.25, 0.3) is 11.0 Å². The van der Waals surface area contributed by atoms with Crippen LogP contribution in [0.1, 0.15) is 37.0 Å². The molecule has 1 aromatic carbocycles. The maximum absolute atomic E-state index is 12.3. The summed E-state index contributed by atoms with van der Waals surface area (Å²) in [5.41, 5.74) is 0.372. The van der Waals surface area contributed by atoms with E-state index in [2.05, 4.69) is 15.3 Å². The van der Waals surface area contributed by atoms with Gasteiger partial charge in [-0.3, -0.25) is 14.8 Å². The van der Waals surface area contributed by atoms with Crippen LogP contribution in [0.2, 0.25) is 0 Å². The van der Waals surface area contributed by atoms with Gasteiger partial charge in [0.25, 0.3) is 5.91 Å². The maximum Gasteiger partial charge on any atom is 0.329 e. The van der Waals surface area contributed by atoms with Gasteiger partial charge in [-0.25, -0.2) is 4.79 Å². The largest absolute Gasteiger partial charge is 0.480 e. The fourth-order valence-corrected chi connectivity index (χ4v) is 2.15. The first-order valence-corrected chi connectivity index (χ1v) is 6.73. The summed E-state index contributed by atoms with van der Waals surface area (Å²) in [4.78, 5) is 31.9. The summed E-state index contributed by atoms with van der Waals surface area (Å²) in [6.07, 6.45) is 4.14. The minimum absolute atomic E-state index is 0.363. The molecule has 0 aliphatic heterocycles. The Labute approximate surface area is 122 Å². The average Bonchev–Trinajstić information content (AvgIpc) is 2.46. The summed E-state index contributed by atoms with van der Waals surface area (Å²) in [6.45, 7) is 3.39. The molecule has 110 valence electrons. The second kappa shape index (κ2) is 5.87. The van der Waals surface area contributed by atoms with Gasteiger partial charge in [0.15, 0.2) is 0 Å². The first-order chi connectivity index (χ1) is 9.96. The molecule has 0 saturated heterocycles. The molecule has 1 aromatic heterocycles. The van der Waals surface area contributed by atoms with Crippen molar-refractivity contribution in [1.29, 1.82) is 0 Å². The number of carbonyl (C=O) groups is 2. The Hall–Kier alpha value is -2.50. The fourth-order valence-electron chi connectivity index (χ4n) is 2.15. The smallest absolute Gasteiger partial charge is 0.329 e. The first-order valence-electron chi connectivity index (χ1n) is 6.73. The molecule has 1 unspecified atom stereocenters. The number of benzene rings is 1. The Balaban J connectivity index is 2.27. The van der Waals surface area contributed by atoms with Crippen LogP contribution in [0.5, 0.6) is 0 Å². The highest BCUT2D eigenvalue weighted by Gasteiger charge is 2.34. The number of aromatic nitrogens is 2. The highest BCUT2D eigenvalue weighted by molar-refractivity contribution is 5.99. The minimum Gasteiger partial charge on any atom is -0.480 e. The predicted octanol–water partition coefficient (Wildman–Crippen LogP) is 2.00. The maximum atomic E-state index is 12.3. The van der Waals surface area contributed by atoms with Gasteiger partial charge in [0, 0.05) is 18.0 Å². The molecule has 0 radical (unpaired) electrons. The molecule has 0 saturated carbocycles. The van der Waals surface area contributed by atoms with E-state index in [1.165, 1.54) is 6.92 Å². The van der Waals surface area contributed by atoms with Crippen LogP contribution in [-0.4, -0.2) is 32.5 Å². The van der Waals surface area contributed by atoms with E-state index in [0.717, 1.165) is 0 Å². The van der Waals surface area contributed by atoms with Crippen LogP contribution in [0, 0.1) is 0 Å². The average molecular weight is 287 g/mol. The Morgan fingerprint density at radius 3 is 2.52 bits per heavy atom. The number of carboxylic acid groups (broad SMARTS) is 1. The van der Waals surface area contributed by atoms with Crippen molar-refractivity contribution in [2.45, 2.75) is 32.2 Å². The summed E-state index contributed by atoms with van der Waals surface area (Å²) in [6, 6.07) is 4.90. The molecule has 21 heavy (non-hydrogen) atoms. The van der Waals surface area contributed by atoms with E-state index in [9.17, 15) is 14.7 Å². The van der Waals surface area contributed by atoms with Crippen molar-refractivity contribution in [1.82, 2.24) is 15.3 Å². The molecule has 2 N–H and O–H groups in total. The van der Waals surface area contributed by atoms with Gasteiger partial charge < -0.3 is 10.4 Å². The molecule has 0 aliphatic rings. The number of aliphatic carboxylic acids is 1. The molecule has 2 aromatic rings. The lowest BCUT2D eigenvalue weighted by Crippen LogP contribution is -2.52. The van der Waals surface area contributed by atoms with Gasteiger partial charge in [-0.05, 0) is 31.5 Å². The number of carboxylic acids is 1. The molecule has 0 bridgehead atoms. The Kier molecular flexibility index (Phi) is 4.16. The number of nitrogens with zero attached hydrogens (tertiary/aromatic N) is 2. The molecule has 6 heteroatoms. The zero-order chi connectivity index (χ0) is 15.5. The van der Waals surface area contributed by atoms with Crippen molar-refractivity contribution in [2.75, 3.05) is 0 Å². The molecule has 1 atom stereocenters. The van der Waals surface area contributed by atoms with E-state index in [1.54, 1.807) is 30.6 Å². The van der Waals surface area contributed by atoms with Crippen molar-refractivity contribution in [2.24, 2.45) is 0 Å². The predicted molar refractivity (Wildman–Crippen MR) is 78.0 cm³/mol. The lowest BCUT2D eigenvalue weighted by atomic mass is 9.95. The zero-order valence-corrected chi connectivity index (χ0v) is 12.0. The lowest BCUT2D eigenvalue weighted by molar-refractivity contribution is -0.144. The number of hydrogen-bond acceptors (Lipinski definition) is 4. The highest BCUT2D eigenvalue weighted by Crippen LogP contribution is 2.16. The second-order valence-electron chi connectivity index (χ2n) is 5.10. The number of hydrogen-bond donors (Lipinski definition) is 2. The Morgan fingerprint density at radius 2 is 1.90 bits per heavy atom. The highest BCUT2D eigenvalue weighted by atomic mass is 16.4. The van der Waals surface area contributed by atoms with Crippen LogP contribution in [0.4, 0.5) is 0 Å². The summed E-state index contributed by atoms with van der Waals surface area (Å²) in [5, 5.41) is 11.9. The third-order valence-electron chi connectivity index (χ3n) is 3.34. The molecule has 1 heterocycles. The monoisotopic (exact) mass is 287 g/mol. The Bertz CT molecular complexity index is 687. The third-order valence-corrected chi connectivity index (χ3v) is 3.34. The second-order valence-corrected chi connectivity index (χ2v) is 5.10. The summed E-state index contributed by atoms with van der Waals surface area (Å²) < 4.78 is 0. The SMILES string of the molecule is CCCC(C)(NC(=O)c1ccc2nccnc2c1)C(=O)O. The number of rotatable bonds is 5. The standard InChI is InChI=1S/C15H17N3O3/c1-3-6-15(2,14(20)21)18-13(19)10-4-5-11-12(9-10)17-8-7-16-11/h4-5,7-9H,3,6H2,1-2H3,(H,18,19)(H,20,21). The van der Waals surface area contributed by atoms with Gasteiger partial charge in [-0.2, -0.15) is 0 Å². The number of fused-ring (bicyclic) bond motifs is 1. The van der Waals surface area contributed by atoms with Crippen LogP contribution in [0.3, 0.4) is 0 Å². The molecule has 2 rings (SSSR count). The van der Waals surface area contributed by atoms with E-state index in [0.29, 0.717) is 29.4 Å². The van der Waals surface area contributed by atoms with Crippen LogP contribution < -0.4 is 5.32 Å². The van der Waals surface area contributed by atoms with Crippen molar-refractivity contribution >= 4 is 22.9 Å². The molecule has 0 spiro atoms. The zero-order valence-electron chi connectivity index (χ0n) is 12.0. The van der Waals surface area contributed by atoms with Crippen molar-refractivity contribution < 1.29 is 14.7 Å². The van der Waals surface area contributed by atoms with E-state index >= 15 is 0 Å². The molecule has 6 nitrogen and oxygen atoms in total. The number of carbonyl (C=O) groups excluding carboxylic acids is 1. The van der Waals surface area contributed by atoms with E-state index < -0.39 is 17.4 Å². The summed E-state index contributed by atoms with van der Waals surface area (Å²) >= 11 is 0. The number of amides is 1. The quantitative estimate of drug-likeness (QED) is 0.877. The fraction of sp³-hybridized carbons (Fsp3) is 0.333. The van der Waals surface area contributed by atoms with Gasteiger partial charge in [0.2, 0.25) is 0 Å². The molecule has 1 amide bonds. The van der Waals surface area contributed by atoms with Crippen LogP contribution >= 0.6 is 0 Å².